The topological polar surface area (TPSA) is 26.3 Å². The van der Waals surface area contributed by atoms with Crippen LogP contribution >= 0.6 is 0 Å². The molecule has 0 amide bonds. The van der Waals surface area contributed by atoms with E-state index in [1.54, 1.807) is 13.8 Å². The Morgan fingerprint density at radius 2 is 1.25 bits per heavy atom. The molecule has 0 aliphatic rings. The van der Waals surface area contributed by atoms with E-state index < -0.39 is 46.2 Å². The van der Waals surface area contributed by atoms with Crippen molar-refractivity contribution >= 4 is 5.97 Å². The van der Waals surface area contributed by atoms with Crippen LogP contribution in [0.2, 0.25) is 0 Å². The van der Waals surface area contributed by atoms with E-state index in [0.29, 0.717) is 0 Å². The van der Waals surface area contributed by atoms with Crippen molar-refractivity contribution in [3.8, 4) is 5.75 Å². The highest BCUT2D eigenvalue weighted by Gasteiger charge is 2.36. The first kappa shape index (κ1) is 16.4. The SMILES string of the molecule is CC(C)C(C)(C)C(=O)Oc1c(F)c(F)c(F)c(F)c1F. The van der Waals surface area contributed by atoms with Gasteiger partial charge < -0.3 is 4.74 Å². The van der Waals surface area contributed by atoms with Crippen LogP contribution in [-0.2, 0) is 4.79 Å². The highest BCUT2D eigenvalue weighted by molar-refractivity contribution is 5.78. The van der Waals surface area contributed by atoms with E-state index in [9.17, 15) is 26.7 Å². The molecule has 0 N–H and O–H groups in total. The van der Waals surface area contributed by atoms with E-state index in [1.165, 1.54) is 13.8 Å². The molecule has 2 nitrogen and oxygen atoms in total. The third-order valence-corrected chi connectivity index (χ3v) is 3.33. The quantitative estimate of drug-likeness (QED) is 0.277. The molecule has 0 fully saturated rings. The van der Waals surface area contributed by atoms with Gasteiger partial charge in [0.1, 0.15) is 0 Å². The Bertz CT molecular complexity index is 523. The predicted molar refractivity (Wildman–Crippen MR) is 60.5 cm³/mol. The molecule has 0 aliphatic carbocycles. The lowest BCUT2D eigenvalue weighted by Gasteiger charge is -2.26. The van der Waals surface area contributed by atoms with E-state index in [2.05, 4.69) is 4.74 Å². The Balaban J connectivity index is 3.27. The molecule has 112 valence electrons. The fourth-order valence-electron chi connectivity index (χ4n) is 1.13. The fourth-order valence-corrected chi connectivity index (χ4v) is 1.13. The van der Waals surface area contributed by atoms with Gasteiger partial charge in [-0.2, -0.15) is 8.78 Å². The highest BCUT2D eigenvalue weighted by Crippen LogP contribution is 2.33. The van der Waals surface area contributed by atoms with Crippen LogP contribution in [0.4, 0.5) is 22.0 Å². The van der Waals surface area contributed by atoms with Gasteiger partial charge in [-0.25, -0.2) is 13.2 Å². The number of esters is 1. The number of halogens is 5. The molecule has 0 saturated carbocycles. The molecule has 0 atom stereocenters. The minimum Gasteiger partial charge on any atom is -0.420 e. The highest BCUT2D eigenvalue weighted by atomic mass is 19.2. The lowest BCUT2D eigenvalue weighted by atomic mass is 9.81. The summed E-state index contributed by atoms with van der Waals surface area (Å²) in [5, 5.41) is 0. The van der Waals surface area contributed by atoms with Gasteiger partial charge in [0.25, 0.3) is 0 Å². The average molecular weight is 296 g/mol. The molecule has 0 radical (unpaired) electrons. The number of hydrogen-bond acceptors (Lipinski definition) is 2. The van der Waals surface area contributed by atoms with Crippen molar-refractivity contribution in [2.45, 2.75) is 27.7 Å². The minimum absolute atomic E-state index is 0.267. The van der Waals surface area contributed by atoms with Crippen LogP contribution in [0.15, 0.2) is 0 Å². The second-order valence-electron chi connectivity index (χ2n) is 5.16. The van der Waals surface area contributed by atoms with Gasteiger partial charge in [0.15, 0.2) is 0 Å². The molecule has 1 aromatic carbocycles. The lowest BCUT2D eigenvalue weighted by Crippen LogP contribution is -2.34. The first-order valence-corrected chi connectivity index (χ1v) is 5.75. The first-order valence-electron chi connectivity index (χ1n) is 5.75. The Kier molecular flexibility index (Phi) is 4.41. The number of ether oxygens (including phenoxy) is 1. The van der Waals surface area contributed by atoms with Gasteiger partial charge in [-0.3, -0.25) is 4.79 Å². The number of benzene rings is 1. The first-order chi connectivity index (χ1) is 9.01. The van der Waals surface area contributed by atoms with Crippen LogP contribution in [0.25, 0.3) is 0 Å². The van der Waals surface area contributed by atoms with Crippen molar-refractivity contribution < 1.29 is 31.5 Å². The third-order valence-electron chi connectivity index (χ3n) is 3.33. The summed E-state index contributed by atoms with van der Waals surface area (Å²) in [7, 11) is 0. The lowest BCUT2D eigenvalue weighted by molar-refractivity contribution is -0.146. The zero-order valence-corrected chi connectivity index (χ0v) is 11.3. The van der Waals surface area contributed by atoms with Gasteiger partial charge in [-0.1, -0.05) is 13.8 Å². The van der Waals surface area contributed by atoms with Crippen molar-refractivity contribution in [1.82, 2.24) is 0 Å². The zero-order valence-electron chi connectivity index (χ0n) is 11.3. The summed E-state index contributed by atoms with van der Waals surface area (Å²) in [6.07, 6.45) is 0. The van der Waals surface area contributed by atoms with Gasteiger partial charge in [0, 0.05) is 0 Å². The third kappa shape index (κ3) is 2.62. The zero-order chi connectivity index (χ0) is 15.8. The maximum Gasteiger partial charge on any atom is 0.317 e. The van der Waals surface area contributed by atoms with Crippen molar-refractivity contribution in [3.63, 3.8) is 0 Å². The van der Waals surface area contributed by atoms with E-state index in [4.69, 9.17) is 0 Å². The molecule has 0 unspecified atom stereocenters. The predicted octanol–water partition coefficient (Wildman–Crippen LogP) is 3.97. The van der Waals surface area contributed by atoms with Crippen LogP contribution in [0.5, 0.6) is 5.75 Å². The van der Waals surface area contributed by atoms with Crippen LogP contribution in [0.1, 0.15) is 27.7 Å². The number of carbonyl (C=O) groups excluding carboxylic acids is 1. The summed E-state index contributed by atoms with van der Waals surface area (Å²) < 4.78 is 69.8. The van der Waals surface area contributed by atoms with Crippen molar-refractivity contribution in [2.75, 3.05) is 0 Å². The number of carbonyl (C=O) groups is 1. The summed E-state index contributed by atoms with van der Waals surface area (Å²) >= 11 is 0. The molecule has 0 aromatic heterocycles. The Morgan fingerprint density at radius 1 is 0.900 bits per heavy atom. The molecule has 0 heterocycles. The molecule has 0 bridgehead atoms. The standard InChI is InChI=1S/C13H13F5O2/c1-5(2)13(3,4)12(19)20-11-9(17)7(15)6(14)8(16)10(11)18/h5H,1-4H3. The largest absolute Gasteiger partial charge is 0.420 e. The second-order valence-corrected chi connectivity index (χ2v) is 5.16. The van der Waals surface area contributed by atoms with Crippen molar-refractivity contribution in [3.05, 3.63) is 29.1 Å². The second kappa shape index (κ2) is 5.38. The smallest absolute Gasteiger partial charge is 0.317 e. The van der Waals surface area contributed by atoms with Crippen molar-refractivity contribution in [1.29, 1.82) is 0 Å². The van der Waals surface area contributed by atoms with E-state index in [-0.39, 0.29) is 5.92 Å². The van der Waals surface area contributed by atoms with Gasteiger partial charge in [0.2, 0.25) is 34.8 Å². The molecule has 1 rings (SSSR count). The molecular weight excluding hydrogens is 283 g/mol. The summed E-state index contributed by atoms with van der Waals surface area (Å²) in [6, 6.07) is 0. The van der Waals surface area contributed by atoms with Crippen LogP contribution in [0.3, 0.4) is 0 Å². The van der Waals surface area contributed by atoms with Gasteiger partial charge in [0.05, 0.1) is 5.41 Å². The molecule has 0 saturated heterocycles. The molecule has 1 aromatic rings. The van der Waals surface area contributed by atoms with Gasteiger partial charge in [-0.05, 0) is 19.8 Å². The normalized spacial score (nSPS) is 11.9. The van der Waals surface area contributed by atoms with Crippen LogP contribution in [-0.4, -0.2) is 5.97 Å². The van der Waals surface area contributed by atoms with Gasteiger partial charge >= 0.3 is 5.97 Å². The molecule has 0 spiro atoms. The Morgan fingerprint density at radius 3 is 1.60 bits per heavy atom. The van der Waals surface area contributed by atoms with E-state index in [0.717, 1.165) is 0 Å². The maximum absolute atomic E-state index is 13.4. The molecular formula is C13H13F5O2. The maximum atomic E-state index is 13.4. The van der Waals surface area contributed by atoms with Gasteiger partial charge in [-0.15, -0.1) is 0 Å². The number of rotatable bonds is 3. The summed E-state index contributed by atoms with van der Waals surface area (Å²) in [4.78, 5) is 11.8. The van der Waals surface area contributed by atoms with Crippen molar-refractivity contribution in [2.24, 2.45) is 11.3 Å². The van der Waals surface area contributed by atoms with E-state index >= 15 is 0 Å². The number of hydrogen-bond donors (Lipinski definition) is 0. The summed E-state index contributed by atoms with van der Waals surface area (Å²) in [6.45, 7) is 6.18. The summed E-state index contributed by atoms with van der Waals surface area (Å²) in [5.41, 5.74) is -1.15. The van der Waals surface area contributed by atoms with E-state index in [1.807, 2.05) is 0 Å². The van der Waals surface area contributed by atoms with Crippen LogP contribution < -0.4 is 4.74 Å². The fraction of sp³-hybridized carbons (Fsp3) is 0.462. The monoisotopic (exact) mass is 296 g/mol. The molecule has 7 heteroatoms. The summed E-state index contributed by atoms with van der Waals surface area (Å²) in [5.74, 6) is -13.9. The Hall–Kier alpha value is -1.66. The molecule has 0 aliphatic heterocycles. The van der Waals surface area contributed by atoms with Crippen LogP contribution in [0, 0.1) is 40.4 Å². The minimum atomic E-state index is -2.30. The average Bonchev–Trinajstić information content (AvgIpc) is 2.38. The molecule has 20 heavy (non-hydrogen) atoms. The Labute approximate surface area is 112 Å².